The van der Waals surface area contributed by atoms with Crippen molar-refractivity contribution in [2.75, 3.05) is 6.54 Å². The summed E-state index contributed by atoms with van der Waals surface area (Å²) in [5.74, 6) is 0.769. The predicted molar refractivity (Wildman–Crippen MR) is 70.2 cm³/mol. The highest BCUT2D eigenvalue weighted by Gasteiger charge is 2.45. The van der Waals surface area contributed by atoms with Gasteiger partial charge in [-0.1, -0.05) is 13.0 Å². The van der Waals surface area contributed by atoms with Gasteiger partial charge in [0.05, 0.1) is 6.04 Å². The summed E-state index contributed by atoms with van der Waals surface area (Å²) >= 11 is 0. The third-order valence-corrected chi connectivity index (χ3v) is 4.49. The second-order valence-electron chi connectivity index (χ2n) is 5.46. The molecule has 96 valence electrons. The lowest BCUT2D eigenvalue weighted by Gasteiger charge is -2.49. The molecule has 4 rings (SSSR count). The van der Waals surface area contributed by atoms with Crippen molar-refractivity contribution in [3.05, 3.63) is 30.1 Å². The molecule has 3 aliphatic heterocycles. The summed E-state index contributed by atoms with van der Waals surface area (Å²) in [7, 11) is 0. The number of Topliss-reactive ketones (excluding diaryl/α,β-unsaturated/α-hetero) is 1. The molecule has 4 unspecified atom stereocenters. The van der Waals surface area contributed by atoms with E-state index in [0.29, 0.717) is 17.7 Å². The van der Waals surface area contributed by atoms with Crippen molar-refractivity contribution in [2.45, 2.75) is 44.7 Å². The second-order valence-corrected chi connectivity index (χ2v) is 5.46. The van der Waals surface area contributed by atoms with Gasteiger partial charge in [-0.3, -0.25) is 14.7 Å². The molecular weight excluding hydrogens is 224 g/mol. The maximum atomic E-state index is 12.4. The van der Waals surface area contributed by atoms with Crippen molar-refractivity contribution < 1.29 is 4.79 Å². The van der Waals surface area contributed by atoms with Crippen LogP contribution in [-0.2, 0) is 11.2 Å². The molecule has 0 spiro atoms. The highest BCUT2D eigenvalue weighted by molar-refractivity contribution is 5.88. The zero-order valence-corrected chi connectivity index (χ0v) is 10.9. The van der Waals surface area contributed by atoms with Crippen LogP contribution in [0.15, 0.2) is 24.4 Å². The van der Waals surface area contributed by atoms with Gasteiger partial charge in [0, 0.05) is 30.3 Å². The molecule has 1 aromatic rings. The van der Waals surface area contributed by atoms with Crippen LogP contribution in [0, 0.1) is 5.92 Å². The molecule has 4 atom stereocenters. The zero-order valence-electron chi connectivity index (χ0n) is 10.9. The summed E-state index contributed by atoms with van der Waals surface area (Å²) in [6.07, 6.45) is 5.89. The van der Waals surface area contributed by atoms with E-state index in [0.717, 1.165) is 37.9 Å². The van der Waals surface area contributed by atoms with E-state index < -0.39 is 0 Å². The first-order chi connectivity index (χ1) is 8.79. The van der Waals surface area contributed by atoms with Crippen LogP contribution in [0.4, 0.5) is 0 Å². The molecule has 1 aromatic heterocycles. The van der Waals surface area contributed by atoms with Crippen LogP contribution < -0.4 is 0 Å². The second kappa shape index (κ2) is 4.81. The quantitative estimate of drug-likeness (QED) is 0.816. The molecule has 0 amide bonds. The number of hydrogen-bond acceptors (Lipinski definition) is 3. The van der Waals surface area contributed by atoms with Crippen LogP contribution in [-0.4, -0.2) is 34.3 Å². The van der Waals surface area contributed by atoms with E-state index in [1.807, 2.05) is 24.4 Å². The molecule has 4 heterocycles. The summed E-state index contributed by atoms with van der Waals surface area (Å²) < 4.78 is 0. The number of piperidine rings is 3. The fourth-order valence-corrected chi connectivity index (χ4v) is 3.51. The number of rotatable bonds is 3. The number of hydrogen-bond donors (Lipinski definition) is 0. The van der Waals surface area contributed by atoms with Gasteiger partial charge in [-0.25, -0.2) is 0 Å². The van der Waals surface area contributed by atoms with Crippen molar-refractivity contribution in [2.24, 2.45) is 5.92 Å². The zero-order chi connectivity index (χ0) is 12.5. The lowest BCUT2D eigenvalue weighted by atomic mass is 9.76. The van der Waals surface area contributed by atoms with E-state index in [2.05, 4.69) is 16.8 Å². The average molecular weight is 244 g/mol. The van der Waals surface area contributed by atoms with Crippen LogP contribution in [0.5, 0.6) is 0 Å². The molecular formula is C15H20N2O. The standard InChI is InChI=1S/C15H20N2O/c1-2-13-9-11-6-8-17(13)14(15(11)18)10-12-5-3-4-7-16-12/h3-5,7,11,13-14H,2,6,8-10H2,1H3. The Hall–Kier alpha value is -1.22. The van der Waals surface area contributed by atoms with Gasteiger partial charge in [0.2, 0.25) is 0 Å². The van der Waals surface area contributed by atoms with Crippen molar-refractivity contribution in [1.29, 1.82) is 0 Å². The van der Waals surface area contributed by atoms with Crippen LogP contribution in [0.3, 0.4) is 0 Å². The topological polar surface area (TPSA) is 33.2 Å². The van der Waals surface area contributed by atoms with E-state index >= 15 is 0 Å². The molecule has 0 saturated carbocycles. The normalized spacial score (nSPS) is 34.8. The Morgan fingerprint density at radius 1 is 1.44 bits per heavy atom. The maximum Gasteiger partial charge on any atom is 0.153 e. The van der Waals surface area contributed by atoms with Crippen molar-refractivity contribution in [1.82, 2.24) is 9.88 Å². The number of carbonyl (C=O) groups excluding carboxylic acids is 1. The van der Waals surface area contributed by atoms with Gasteiger partial charge in [-0.15, -0.1) is 0 Å². The van der Waals surface area contributed by atoms with Gasteiger partial charge in [0.15, 0.2) is 5.78 Å². The minimum Gasteiger partial charge on any atom is -0.298 e. The minimum atomic E-state index is 0.0809. The molecule has 3 saturated heterocycles. The van der Waals surface area contributed by atoms with E-state index in [1.54, 1.807) is 0 Å². The molecule has 3 fully saturated rings. The smallest absolute Gasteiger partial charge is 0.153 e. The number of ketones is 1. The van der Waals surface area contributed by atoms with Gasteiger partial charge < -0.3 is 0 Å². The van der Waals surface area contributed by atoms with Gasteiger partial charge >= 0.3 is 0 Å². The molecule has 0 aromatic carbocycles. The Bertz CT molecular complexity index is 431. The molecule has 0 radical (unpaired) electrons. The lowest BCUT2D eigenvalue weighted by Crippen LogP contribution is -2.60. The number of pyridine rings is 1. The van der Waals surface area contributed by atoms with Crippen LogP contribution in [0.1, 0.15) is 31.9 Å². The predicted octanol–water partition coefficient (Wildman–Crippen LogP) is 2.07. The first-order valence-corrected chi connectivity index (χ1v) is 6.99. The Morgan fingerprint density at radius 2 is 2.33 bits per heavy atom. The van der Waals surface area contributed by atoms with Crippen LogP contribution in [0.2, 0.25) is 0 Å². The van der Waals surface area contributed by atoms with Gasteiger partial charge in [0.1, 0.15) is 0 Å². The first-order valence-electron chi connectivity index (χ1n) is 6.99. The van der Waals surface area contributed by atoms with Crippen LogP contribution >= 0.6 is 0 Å². The number of carbonyl (C=O) groups is 1. The summed E-state index contributed by atoms with van der Waals surface area (Å²) in [4.78, 5) is 19.2. The average Bonchev–Trinajstić information content (AvgIpc) is 2.43. The third-order valence-electron chi connectivity index (χ3n) is 4.49. The Labute approximate surface area is 108 Å². The third kappa shape index (κ3) is 1.97. The number of fused-ring (bicyclic) bond motifs is 3. The molecule has 3 heteroatoms. The fraction of sp³-hybridized carbons (Fsp3) is 0.600. The van der Waals surface area contributed by atoms with E-state index in [9.17, 15) is 4.79 Å². The molecule has 2 bridgehead atoms. The van der Waals surface area contributed by atoms with Gasteiger partial charge in [-0.2, -0.15) is 0 Å². The van der Waals surface area contributed by atoms with E-state index in [4.69, 9.17) is 0 Å². The molecule has 0 aliphatic carbocycles. The van der Waals surface area contributed by atoms with E-state index in [1.165, 1.54) is 0 Å². The summed E-state index contributed by atoms with van der Waals surface area (Å²) in [6.45, 7) is 3.32. The highest BCUT2D eigenvalue weighted by Crippen LogP contribution is 2.35. The summed E-state index contributed by atoms with van der Waals surface area (Å²) in [5.41, 5.74) is 1.04. The van der Waals surface area contributed by atoms with Crippen molar-refractivity contribution in [3.63, 3.8) is 0 Å². The Kier molecular flexibility index (Phi) is 3.16. The largest absolute Gasteiger partial charge is 0.298 e. The minimum absolute atomic E-state index is 0.0809. The van der Waals surface area contributed by atoms with E-state index in [-0.39, 0.29) is 6.04 Å². The number of nitrogens with zero attached hydrogens (tertiary/aromatic N) is 2. The molecule has 3 nitrogen and oxygen atoms in total. The monoisotopic (exact) mass is 244 g/mol. The molecule has 0 N–H and O–H groups in total. The lowest BCUT2D eigenvalue weighted by molar-refractivity contribution is -0.141. The first kappa shape index (κ1) is 11.8. The Balaban J connectivity index is 1.80. The van der Waals surface area contributed by atoms with Crippen molar-refractivity contribution in [3.8, 4) is 0 Å². The SMILES string of the molecule is CCC1CC2CCN1C(Cc1ccccn1)C2=O. The van der Waals surface area contributed by atoms with Crippen molar-refractivity contribution >= 4 is 5.78 Å². The van der Waals surface area contributed by atoms with Crippen LogP contribution in [0.25, 0.3) is 0 Å². The summed E-state index contributed by atoms with van der Waals surface area (Å²) in [5, 5.41) is 0. The van der Waals surface area contributed by atoms with Gasteiger partial charge in [0.25, 0.3) is 0 Å². The maximum absolute atomic E-state index is 12.4. The summed E-state index contributed by atoms with van der Waals surface area (Å²) in [6, 6.07) is 6.64. The molecule has 3 aliphatic rings. The van der Waals surface area contributed by atoms with Gasteiger partial charge in [-0.05, 0) is 37.9 Å². The number of aromatic nitrogens is 1. The Morgan fingerprint density at radius 3 is 3.06 bits per heavy atom. The fourth-order valence-electron chi connectivity index (χ4n) is 3.51. The highest BCUT2D eigenvalue weighted by atomic mass is 16.1. The molecule has 18 heavy (non-hydrogen) atoms.